The number of anilines is 2. The van der Waals surface area contributed by atoms with E-state index < -0.39 is 0 Å². The van der Waals surface area contributed by atoms with E-state index in [0.29, 0.717) is 11.7 Å². The van der Waals surface area contributed by atoms with Crippen LogP contribution >= 0.6 is 15.9 Å². The first-order valence-electron chi connectivity index (χ1n) is 8.88. The number of halogens is 1. The molecule has 2 heterocycles. The number of aromatic nitrogens is 4. The Labute approximate surface area is 166 Å². The van der Waals surface area contributed by atoms with Gasteiger partial charge in [-0.15, -0.1) is 0 Å². The van der Waals surface area contributed by atoms with Crippen LogP contribution in [0.4, 0.5) is 11.5 Å². The molecule has 0 bridgehead atoms. The van der Waals surface area contributed by atoms with Gasteiger partial charge in [0.25, 0.3) is 0 Å². The molecule has 1 atom stereocenters. The number of nitrogens with zero attached hydrogens (tertiary/aromatic N) is 4. The second kappa shape index (κ2) is 7.48. The van der Waals surface area contributed by atoms with Crippen molar-refractivity contribution in [3.05, 3.63) is 76.7 Å². The Bertz CT molecular complexity index is 1070. The van der Waals surface area contributed by atoms with Crippen molar-refractivity contribution in [2.75, 3.05) is 5.32 Å². The van der Waals surface area contributed by atoms with E-state index in [0.717, 1.165) is 33.6 Å². The van der Waals surface area contributed by atoms with Gasteiger partial charge in [-0.05, 0) is 30.7 Å². The van der Waals surface area contributed by atoms with Gasteiger partial charge in [-0.1, -0.05) is 59.3 Å². The first-order valence-corrected chi connectivity index (χ1v) is 9.67. The third-order valence-corrected chi connectivity index (χ3v) is 5.00. The van der Waals surface area contributed by atoms with Gasteiger partial charge in [0.1, 0.15) is 11.6 Å². The molecule has 1 N–H and O–H groups in total. The third-order valence-electron chi connectivity index (χ3n) is 4.51. The summed E-state index contributed by atoms with van der Waals surface area (Å²) >= 11 is 3.50. The quantitative estimate of drug-likeness (QED) is 0.465. The fourth-order valence-corrected chi connectivity index (χ4v) is 3.54. The zero-order chi connectivity index (χ0) is 18.8. The van der Waals surface area contributed by atoms with Gasteiger partial charge in [-0.2, -0.15) is 5.10 Å². The molecule has 2 aromatic carbocycles. The molecule has 5 nitrogen and oxygen atoms in total. The molecule has 6 heteroatoms. The number of nitrogens with one attached hydrogen (secondary N) is 1. The average molecular weight is 422 g/mol. The number of benzene rings is 2. The minimum atomic E-state index is 0.339. The highest BCUT2D eigenvalue weighted by Crippen LogP contribution is 2.26. The summed E-state index contributed by atoms with van der Waals surface area (Å²) in [5.74, 6) is 1.83. The summed E-state index contributed by atoms with van der Waals surface area (Å²) in [4.78, 5) is 9.23. The predicted octanol–water partition coefficient (Wildman–Crippen LogP) is 5.44. The van der Waals surface area contributed by atoms with Gasteiger partial charge >= 0.3 is 0 Å². The maximum atomic E-state index is 4.64. The van der Waals surface area contributed by atoms with Crippen LogP contribution in [-0.2, 0) is 6.54 Å². The zero-order valence-corrected chi connectivity index (χ0v) is 16.8. The molecular weight excluding hydrogens is 402 g/mol. The van der Waals surface area contributed by atoms with Crippen LogP contribution in [0.5, 0.6) is 0 Å². The van der Waals surface area contributed by atoms with Crippen LogP contribution in [-0.4, -0.2) is 19.7 Å². The monoisotopic (exact) mass is 421 g/mol. The van der Waals surface area contributed by atoms with Crippen LogP contribution in [0, 0.1) is 6.92 Å². The number of rotatable bonds is 5. The summed E-state index contributed by atoms with van der Waals surface area (Å²) in [5, 5.41) is 8.90. The highest BCUT2D eigenvalue weighted by Gasteiger charge is 2.14. The van der Waals surface area contributed by atoms with Crippen LogP contribution in [0.2, 0.25) is 0 Å². The van der Waals surface area contributed by atoms with Gasteiger partial charge in [0.05, 0.1) is 11.6 Å². The molecule has 0 saturated heterocycles. The highest BCUT2D eigenvalue weighted by atomic mass is 79.9. The third kappa shape index (κ3) is 3.85. The van der Waals surface area contributed by atoms with Gasteiger partial charge < -0.3 is 5.32 Å². The Morgan fingerprint density at radius 3 is 2.67 bits per heavy atom. The summed E-state index contributed by atoms with van der Waals surface area (Å²) < 4.78 is 2.98. The van der Waals surface area contributed by atoms with E-state index in [9.17, 15) is 0 Å². The molecule has 4 aromatic rings. The smallest absolute Gasteiger partial charge is 0.163 e. The Morgan fingerprint density at radius 1 is 1.07 bits per heavy atom. The lowest BCUT2D eigenvalue weighted by Gasteiger charge is -2.13. The molecule has 4 rings (SSSR count). The number of hydrogen-bond donors (Lipinski definition) is 1. The van der Waals surface area contributed by atoms with Crippen molar-refractivity contribution in [2.24, 2.45) is 0 Å². The van der Waals surface area contributed by atoms with Crippen molar-refractivity contribution in [1.29, 1.82) is 0 Å². The summed E-state index contributed by atoms with van der Waals surface area (Å²) in [6.45, 7) is 4.88. The second-order valence-corrected chi connectivity index (χ2v) is 7.55. The van der Waals surface area contributed by atoms with Crippen molar-refractivity contribution < 1.29 is 0 Å². The molecule has 0 fully saturated rings. The zero-order valence-electron chi connectivity index (χ0n) is 15.2. The molecule has 0 aliphatic heterocycles. The van der Waals surface area contributed by atoms with Crippen LogP contribution in [0.3, 0.4) is 0 Å². The lowest BCUT2D eigenvalue weighted by Crippen LogP contribution is -2.09. The van der Waals surface area contributed by atoms with Crippen LogP contribution in [0.25, 0.3) is 11.0 Å². The van der Waals surface area contributed by atoms with Crippen molar-refractivity contribution in [2.45, 2.75) is 26.3 Å². The van der Waals surface area contributed by atoms with Gasteiger partial charge in [-0.3, -0.25) is 0 Å². The lowest BCUT2D eigenvalue weighted by atomic mass is 10.0. The minimum absolute atomic E-state index is 0.339. The van der Waals surface area contributed by atoms with E-state index in [2.05, 4.69) is 67.5 Å². The second-order valence-electron chi connectivity index (χ2n) is 6.63. The topological polar surface area (TPSA) is 55.6 Å². The first kappa shape index (κ1) is 17.7. The Balaban J connectivity index is 1.67. The Hall–Kier alpha value is -2.73. The Morgan fingerprint density at radius 2 is 1.89 bits per heavy atom. The first-order chi connectivity index (χ1) is 13.1. The SMILES string of the molecule is Cc1nc(Nc2cccc(Br)c2)c2cnn(CC(C)c3ccccc3)c2n1. The normalized spacial score (nSPS) is 12.3. The standard InChI is InChI=1S/C21H20BrN5/c1-14(16-7-4-3-5-8-16)13-27-21-19(12-23-27)20(24-15(2)25-21)26-18-10-6-9-17(22)11-18/h3-12,14H,13H2,1-2H3,(H,24,25,26). The van der Waals surface area contributed by atoms with Crippen molar-refractivity contribution in [3.8, 4) is 0 Å². The van der Waals surface area contributed by atoms with Crippen LogP contribution in [0.1, 0.15) is 24.2 Å². The molecular formula is C21H20BrN5. The van der Waals surface area contributed by atoms with E-state index in [1.54, 1.807) is 0 Å². The lowest BCUT2D eigenvalue weighted by molar-refractivity contribution is 0.554. The maximum absolute atomic E-state index is 4.64. The summed E-state index contributed by atoms with van der Waals surface area (Å²) in [7, 11) is 0. The summed E-state index contributed by atoms with van der Waals surface area (Å²) in [6, 6.07) is 18.5. The van der Waals surface area contributed by atoms with E-state index in [4.69, 9.17) is 0 Å². The van der Waals surface area contributed by atoms with Crippen molar-refractivity contribution >= 4 is 38.5 Å². The Kier molecular flexibility index (Phi) is 4.90. The maximum Gasteiger partial charge on any atom is 0.163 e. The largest absolute Gasteiger partial charge is 0.339 e. The number of fused-ring (bicyclic) bond motifs is 1. The minimum Gasteiger partial charge on any atom is -0.339 e. The summed E-state index contributed by atoms with van der Waals surface area (Å²) in [6.07, 6.45) is 1.84. The van der Waals surface area contributed by atoms with E-state index in [1.165, 1.54) is 5.56 Å². The van der Waals surface area contributed by atoms with Crippen LogP contribution < -0.4 is 5.32 Å². The van der Waals surface area contributed by atoms with Gasteiger partial charge in [0.15, 0.2) is 5.65 Å². The molecule has 0 radical (unpaired) electrons. The molecule has 0 aliphatic carbocycles. The van der Waals surface area contributed by atoms with Crippen molar-refractivity contribution in [3.63, 3.8) is 0 Å². The van der Waals surface area contributed by atoms with Gasteiger partial charge in [-0.25, -0.2) is 14.6 Å². The molecule has 0 amide bonds. The molecule has 0 saturated carbocycles. The fraction of sp³-hybridized carbons (Fsp3) is 0.190. The molecule has 1 unspecified atom stereocenters. The average Bonchev–Trinajstić information content (AvgIpc) is 3.05. The molecule has 27 heavy (non-hydrogen) atoms. The fourth-order valence-electron chi connectivity index (χ4n) is 3.14. The molecule has 136 valence electrons. The summed E-state index contributed by atoms with van der Waals surface area (Å²) in [5.41, 5.74) is 3.11. The van der Waals surface area contributed by atoms with E-state index in [-0.39, 0.29) is 0 Å². The molecule has 0 spiro atoms. The predicted molar refractivity (Wildman–Crippen MR) is 112 cm³/mol. The van der Waals surface area contributed by atoms with E-state index >= 15 is 0 Å². The van der Waals surface area contributed by atoms with Crippen molar-refractivity contribution in [1.82, 2.24) is 19.7 Å². The number of aryl methyl sites for hydroxylation is 1. The highest BCUT2D eigenvalue weighted by molar-refractivity contribution is 9.10. The van der Waals surface area contributed by atoms with Gasteiger partial charge in [0, 0.05) is 22.6 Å². The van der Waals surface area contributed by atoms with Gasteiger partial charge in [0.2, 0.25) is 0 Å². The molecule has 2 aromatic heterocycles. The number of hydrogen-bond acceptors (Lipinski definition) is 4. The van der Waals surface area contributed by atoms with Crippen LogP contribution in [0.15, 0.2) is 65.3 Å². The van der Waals surface area contributed by atoms with E-state index in [1.807, 2.05) is 48.1 Å². The molecule has 0 aliphatic rings.